The molecule has 0 radical (unpaired) electrons. The van der Waals surface area contributed by atoms with Gasteiger partial charge in [-0.15, -0.1) is 0 Å². The zero-order chi connectivity index (χ0) is 10.6. The molecule has 0 N–H and O–H groups in total. The molecule has 2 atom stereocenters. The second-order valence-corrected chi connectivity index (χ2v) is 5.51. The van der Waals surface area contributed by atoms with Crippen LogP contribution in [-0.2, 0) is 0 Å². The van der Waals surface area contributed by atoms with Crippen LogP contribution in [0.25, 0.3) is 0 Å². The van der Waals surface area contributed by atoms with E-state index in [0.29, 0.717) is 5.92 Å². The molecule has 2 unspecified atom stereocenters. The molecule has 0 heteroatoms. The first-order valence-corrected chi connectivity index (χ1v) is 6.28. The van der Waals surface area contributed by atoms with Crippen molar-refractivity contribution < 1.29 is 0 Å². The minimum Gasteiger partial charge on any atom is -0.0880 e. The number of allylic oxidation sites excluding steroid dienone is 2. The Morgan fingerprint density at radius 2 is 1.86 bits per heavy atom. The summed E-state index contributed by atoms with van der Waals surface area (Å²) in [4.78, 5) is 0. The standard InChI is InChI=1S/C14H26/c1-11(2)7-5-8-13-9-6-10-14(13)12(3)4/h5,7,11-14H,6,8-10H2,1-4H3/b7-5+. The van der Waals surface area contributed by atoms with Gasteiger partial charge in [-0.25, -0.2) is 0 Å². The topological polar surface area (TPSA) is 0 Å². The van der Waals surface area contributed by atoms with E-state index in [0.717, 1.165) is 17.8 Å². The van der Waals surface area contributed by atoms with Crippen LogP contribution < -0.4 is 0 Å². The quantitative estimate of drug-likeness (QED) is 0.571. The summed E-state index contributed by atoms with van der Waals surface area (Å²) in [5.41, 5.74) is 0. The molecule has 0 heterocycles. The van der Waals surface area contributed by atoms with Gasteiger partial charge in [0.15, 0.2) is 0 Å². The number of hydrogen-bond donors (Lipinski definition) is 0. The molecule has 82 valence electrons. The first-order valence-electron chi connectivity index (χ1n) is 6.28. The summed E-state index contributed by atoms with van der Waals surface area (Å²) in [7, 11) is 0. The second kappa shape index (κ2) is 5.58. The Morgan fingerprint density at radius 1 is 1.14 bits per heavy atom. The minimum absolute atomic E-state index is 0.717. The molecule has 14 heavy (non-hydrogen) atoms. The second-order valence-electron chi connectivity index (χ2n) is 5.51. The van der Waals surface area contributed by atoms with Gasteiger partial charge in [0.2, 0.25) is 0 Å². The minimum atomic E-state index is 0.717. The van der Waals surface area contributed by atoms with Gasteiger partial charge in [-0.3, -0.25) is 0 Å². The molecule has 0 aromatic heterocycles. The van der Waals surface area contributed by atoms with Gasteiger partial charge in [-0.05, 0) is 42.9 Å². The molecule has 1 rings (SSSR count). The van der Waals surface area contributed by atoms with Crippen molar-refractivity contribution in [1.82, 2.24) is 0 Å². The Hall–Kier alpha value is -0.260. The Kier molecular flexibility index (Phi) is 4.71. The summed E-state index contributed by atoms with van der Waals surface area (Å²) in [5, 5.41) is 0. The van der Waals surface area contributed by atoms with Crippen molar-refractivity contribution in [2.45, 2.75) is 53.4 Å². The van der Waals surface area contributed by atoms with E-state index in [1.54, 1.807) is 0 Å². The highest BCUT2D eigenvalue weighted by molar-refractivity contribution is 4.90. The van der Waals surface area contributed by atoms with E-state index in [9.17, 15) is 0 Å². The molecule has 0 amide bonds. The van der Waals surface area contributed by atoms with Crippen molar-refractivity contribution in [3.05, 3.63) is 12.2 Å². The highest BCUT2D eigenvalue weighted by Crippen LogP contribution is 2.38. The van der Waals surface area contributed by atoms with Gasteiger partial charge in [0.1, 0.15) is 0 Å². The van der Waals surface area contributed by atoms with E-state index < -0.39 is 0 Å². The molecule has 0 aliphatic heterocycles. The van der Waals surface area contributed by atoms with E-state index in [4.69, 9.17) is 0 Å². The zero-order valence-electron chi connectivity index (χ0n) is 10.3. The van der Waals surface area contributed by atoms with Gasteiger partial charge in [0.25, 0.3) is 0 Å². The van der Waals surface area contributed by atoms with Crippen LogP contribution in [0.1, 0.15) is 53.4 Å². The van der Waals surface area contributed by atoms with E-state index in [1.165, 1.54) is 25.7 Å². The van der Waals surface area contributed by atoms with Crippen LogP contribution in [0.2, 0.25) is 0 Å². The zero-order valence-corrected chi connectivity index (χ0v) is 10.3. The lowest BCUT2D eigenvalue weighted by atomic mass is 9.84. The van der Waals surface area contributed by atoms with Gasteiger partial charge in [0.05, 0.1) is 0 Å². The van der Waals surface area contributed by atoms with Gasteiger partial charge < -0.3 is 0 Å². The molecular formula is C14H26. The molecule has 0 saturated heterocycles. The molecule has 0 nitrogen and oxygen atoms in total. The van der Waals surface area contributed by atoms with Gasteiger partial charge >= 0.3 is 0 Å². The lowest BCUT2D eigenvalue weighted by Crippen LogP contribution is -2.13. The monoisotopic (exact) mass is 194 g/mol. The molecule has 1 fully saturated rings. The summed E-state index contributed by atoms with van der Waals surface area (Å²) in [6.07, 6.45) is 10.5. The third kappa shape index (κ3) is 3.48. The van der Waals surface area contributed by atoms with Gasteiger partial charge in [-0.1, -0.05) is 46.3 Å². The van der Waals surface area contributed by atoms with Crippen LogP contribution in [0.4, 0.5) is 0 Å². The van der Waals surface area contributed by atoms with Crippen molar-refractivity contribution in [2.75, 3.05) is 0 Å². The molecule has 1 saturated carbocycles. The van der Waals surface area contributed by atoms with E-state index in [-0.39, 0.29) is 0 Å². The third-order valence-corrected chi connectivity index (χ3v) is 3.53. The lowest BCUT2D eigenvalue weighted by Gasteiger charge is -2.21. The maximum Gasteiger partial charge on any atom is -0.0290 e. The summed E-state index contributed by atoms with van der Waals surface area (Å²) in [6.45, 7) is 9.28. The number of hydrogen-bond acceptors (Lipinski definition) is 0. The maximum atomic E-state index is 2.41. The van der Waals surface area contributed by atoms with Crippen LogP contribution in [0.3, 0.4) is 0 Å². The molecule has 0 aromatic rings. The van der Waals surface area contributed by atoms with Crippen LogP contribution >= 0.6 is 0 Å². The van der Waals surface area contributed by atoms with Crippen molar-refractivity contribution in [1.29, 1.82) is 0 Å². The Balaban J connectivity index is 2.36. The van der Waals surface area contributed by atoms with Crippen molar-refractivity contribution in [2.24, 2.45) is 23.7 Å². The van der Waals surface area contributed by atoms with Crippen molar-refractivity contribution >= 4 is 0 Å². The Morgan fingerprint density at radius 3 is 2.43 bits per heavy atom. The summed E-state index contributed by atoms with van der Waals surface area (Å²) in [6, 6.07) is 0. The van der Waals surface area contributed by atoms with Gasteiger partial charge in [0, 0.05) is 0 Å². The molecule has 0 aromatic carbocycles. The fourth-order valence-corrected chi connectivity index (χ4v) is 2.76. The Bertz CT molecular complexity index is 176. The van der Waals surface area contributed by atoms with Crippen LogP contribution in [0, 0.1) is 23.7 Å². The average molecular weight is 194 g/mol. The normalized spacial score (nSPS) is 28.4. The highest BCUT2D eigenvalue weighted by atomic mass is 14.3. The maximum absolute atomic E-state index is 2.41. The van der Waals surface area contributed by atoms with E-state index in [2.05, 4.69) is 39.8 Å². The van der Waals surface area contributed by atoms with Gasteiger partial charge in [-0.2, -0.15) is 0 Å². The van der Waals surface area contributed by atoms with E-state index in [1.807, 2.05) is 0 Å². The van der Waals surface area contributed by atoms with Crippen molar-refractivity contribution in [3.63, 3.8) is 0 Å². The predicted molar refractivity (Wildman–Crippen MR) is 64.3 cm³/mol. The highest BCUT2D eigenvalue weighted by Gasteiger charge is 2.28. The first-order chi connectivity index (χ1) is 6.61. The van der Waals surface area contributed by atoms with Crippen LogP contribution in [0.15, 0.2) is 12.2 Å². The van der Waals surface area contributed by atoms with Crippen LogP contribution in [-0.4, -0.2) is 0 Å². The summed E-state index contributed by atoms with van der Waals surface area (Å²) >= 11 is 0. The SMILES string of the molecule is CC(C)/C=C/CC1CCCC1C(C)C. The van der Waals surface area contributed by atoms with E-state index >= 15 is 0 Å². The molecule has 1 aliphatic carbocycles. The lowest BCUT2D eigenvalue weighted by molar-refractivity contribution is 0.297. The molecule has 0 spiro atoms. The first kappa shape index (κ1) is 11.8. The third-order valence-electron chi connectivity index (χ3n) is 3.53. The fraction of sp³-hybridized carbons (Fsp3) is 0.857. The largest absolute Gasteiger partial charge is 0.0880 e. The van der Waals surface area contributed by atoms with Crippen LogP contribution in [0.5, 0.6) is 0 Å². The molecular weight excluding hydrogens is 168 g/mol. The predicted octanol–water partition coefficient (Wildman–Crippen LogP) is 4.66. The Labute approximate surface area is 89.8 Å². The average Bonchev–Trinajstić information content (AvgIpc) is 2.51. The summed E-state index contributed by atoms with van der Waals surface area (Å²) in [5.74, 6) is 3.57. The molecule has 0 bridgehead atoms. The molecule has 1 aliphatic rings. The smallest absolute Gasteiger partial charge is 0.0290 e. The number of rotatable bonds is 4. The summed E-state index contributed by atoms with van der Waals surface area (Å²) < 4.78 is 0. The van der Waals surface area contributed by atoms with Crippen molar-refractivity contribution in [3.8, 4) is 0 Å². The fourth-order valence-electron chi connectivity index (χ4n) is 2.76.